The van der Waals surface area contributed by atoms with Crippen molar-refractivity contribution in [2.75, 3.05) is 20.1 Å². The molecule has 8 heteroatoms. The fourth-order valence-electron chi connectivity index (χ4n) is 4.88. The Labute approximate surface area is 202 Å². The molecule has 2 aliphatic carbocycles. The molecule has 0 bridgehead atoms. The highest BCUT2D eigenvalue weighted by Gasteiger charge is 2.32. The largest absolute Gasteiger partial charge is 0.474 e. The van der Waals surface area contributed by atoms with Gasteiger partial charge in [0, 0.05) is 50.9 Å². The lowest BCUT2D eigenvalue weighted by atomic mass is 10.1. The maximum Gasteiger partial charge on any atom is 0.225 e. The van der Waals surface area contributed by atoms with Crippen molar-refractivity contribution in [2.45, 2.75) is 76.5 Å². The van der Waals surface area contributed by atoms with Crippen molar-refractivity contribution in [1.29, 1.82) is 0 Å². The molecule has 1 aromatic rings. The van der Waals surface area contributed by atoms with Crippen LogP contribution in [0.3, 0.4) is 0 Å². The van der Waals surface area contributed by atoms with Gasteiger partial charge in [0.15, 0.2) is 5.96 Å². The number of hydrogen-bond acceptors (Lipinski definition) is 4. The van der Waals surface area contributed by atoms with Gasteiger partial charge >= 0.3 is 0 Å². The molecule has 0 radical (unpaired) electrons. The van der Waals surface area contributed by atoms with Crippen LogP contribution in [0.15, 0.2) is 23.3 Å². The molecule has 2 saturated carbocycles. The lowest BCUT2D eigenvalue weighted by molar-refractivity contribution is -0.134. The van der Waals surface area contributed by atoms with E-state index in [0.717, 1.165) is 56.7 Å². The van der Waals surface area contributed by atoms with Crippen LogP contribution in [-0.2, 0) is 11.3 Å². The molecule has 0 spiro atoms. The summed E-state index contributed by atoms with van der Waals surface area (Å²) < 4.78 is 6.01. The van der Waals surface area contributed by atoms with Gasteiger partial charge in [-0.2, -0.15) is 0 Å². The fourth-order valence-corrected chi connectivity index (χ4v) is 4.88. The van der Waals surface area contributed by atoms with Gasteiger partial charge in [0.1, 0.15) is 6.10 Å². The predicted molar refractivity (Wildman–Crippen MR) is 133 cm³/mol. The second-order valence-corrected chi connectivity index (χ2v) is 8.85. The average molecular weight is 541 g/mol. The third-order valence-corrected chi connectivity index (χ3v) is 6.62. The molecule has 31 heavy (non-hydrogen) atoms. The summed E-state index contributed by atoms with van der Waals surface area (Å²) in [5.41, 5.74) is 1.12. The number of aliphatic imine (C=N–C) groups is 1. The number of likely N-dealkylation sites (tertiary alicyclic amines) is 1. The second kappa shape index (κ2) is 11.9. The second-order valence-electron chi connectivity index (χ2n) is 8.85. The van der Waals surface area contributed by atoms with Crippen LogP contribution in [0.5, 0.6) is 5.88 Å². The number of nitrogens with one attached hydrogen (secondary N) is 2. The molecule has 1 amide bonds. The van der Waals surface area contributed by atoms with Crippen LogP contribution in [-0.4, -0.2) is 54.0 Å². The van der Waals surface area contributed by atoms with Crippen molar-refractivity contribution in [3.8, 4) is 5.88 Å². The Bertz CT molecular complexity index is 747. The van der Waals surface area contributed by atoms with E-state index in [4.69, 9.17) is 4.74 Å². The highest BCUT2D eigenvalue weighted by molar-refractivity contribution is 14.0. The van der Waals surface area contributed by atoms with Gasteiger partial charge in [0.05, 0.1) is 0 Å². The Kier molecular flexibility index (Phi) is 9.22. The molecule has 3 fully saturated rings. The van der Waals surface area contributed by atoms with Gasteiger partial charge in [-0.3, -0.25) is 9.79 Å². The van der Waals surface area contributed by atoms with E-state index in [0.29, 0.717) is 24.4 Å². The minimum Gasteiger partial charge on any atom is -0.474 e. The number of rotatable bonds is 6. The van der Waals surface area contributed by atoms with Gasteiger partial charge in [0.2, 0.25) is 11.8 Å². The molecular formula is C23H36IN5O2. The number of pyridine rings is 1. The third kappa shape index (κ3) is 6.70. The Morgan fingerprint density at radius 2 is 1.94 bits per heavy atom. The molecule has 4 rings (SSSR count). The molecular weight excluding hydrogens is 505 g/mol. The molecule has 2 N–H and O–H groups in total. The lowest BCUT2D eigenvalue weighted by Crippen LogP contribution is -2.45. The molecule has 1 unspecified atom stereocenters. The van der Waals surface area contributed by atoms with Crippen molar-refractivity contribution in [3.05, 3.63) is 23.9 Å². The van der Waals surface area contributed by atoms with E-state index >= 15 is 0 Å². The van der Waals surface area contributed by atoms with E-state index in [9.17, 15) is 4.79 Å². The summed E-state index contributed by atoms with van der Waals surface area (Å²) in [4.78, 5) is 23.4. The Morgan fingerprint density at radius 1 is 1.19 bits per heavy atom. The molecule has 1 aliphatic heterocycles. The number of aromatic nitrogens is 1. The van der Waals surface area contributed by atoms with Gasteiger partial charge in [-0.1, -0.05) is 12.8 Å². The van der Waals surface area contributed by atoms with Crippen LogP contribution in [0.25, 0.3) is 0 Å². The molecule has 172 valence electrons. The monoisotopic (exact) mass is 541 g/mol. The van der Waals surface area contributed by atoms with Crippen LogP contribution in [0.4, 0.5) is 0 Å². The van der Waals surface area contributed by atoms with Crippen molar-refractivity contribution in [2.24, 2.45) is 10.9 Å². The molecule has 7 nitrogen and oxygen atoms in total. The van der Waals surface area contributed by atoms with Crippen LogP contribution >= 0.6 is 24.0 Å². The number of ether oxygens (including phenoxy) is 1. The van der Waals surface area contributed by atoms with Gasteiger partial charge < -0.3 is 20.3 Å². The SMILES string of the molecule is CN=C(NCc1ccnc(OC2CCCC2)c1)NC1CCN(C(=O)C2CCCC2)C1.I. The standard InChI is InChI=1S/C23H35N5O2.HI/c1-24-23(27-19-11-13-28(16-19)22(29)18-6-2-3-7-18)26-15-17-10-12-25-21(14-17)30-20-8-4-5-9-20;/h10,12,14,18-20H,2-9,11,13,15-16H2,1H3,(H2,24,26,27);1H. The minimum absolute atomic E-state index is 0. The summed E-state index contributed by atoms with van der Waals surface area (Å²) in [5.74, 6) is 2.09. The van der Waals surface area contributed by atoms with Crippen molar-refractivity contribution >= 4 is 35.8 Å². The van der Waals surface area contributed by atoms with E-state index in [1.807, 2.05) is 17.0 Å². The molecule has 0 aromatic carbocycles. The highest BCUT2D eigenvalue weighted by atomic mass is 127. The van der Waals surface area contributed by atoms with E-state index in [2.05, 4.69) is 20.6 Å². The first-order valence-electron chi connectivity index (χ1n) is 11.6. The van der Waals surface area contributed by atoms with E-state index in [1.54, 1.807) is 13.2 Å². The summed E-state index contributed by atoms with van der Waals surface area (Å²) in [6.07, 6.45) is 12.4. The Hall–Kier alpha value is -1.58. The molecule has 3 aliphatic rings. The van der Waals surface area contributed by atoms with Gasteiger partial charge in [-0.25, -0.2) is 4.98 Å². The zero-order valence-corrected chi connectivity index (χ0v) is 20.8. The number of halogens is 1. The maximum atomic E-state index is 12.6. The topological polar surface area (TPSA) is 78.9 Å². The van der Waals surface area contributed by atoms with Crippen LogP contribution in [0.2, 0.25) is 0 Å². The third-order valence-electron chi connectivity index (χ3n) is 6.62. The maximum absolute atomic E-state index is 12.6. The summed E-state index contributed by atoms with van der Waals surface area (Å²) in [7, 11) is 1.78. The Balaban J connectivity index is 0.00000272. The first-order chi connectivity index (χ1) is 14.7. The van der Waals surface area contributed by atoms with E-state index < -0.39 is 0 Å². The van der Waals surface area contributed by atoms with Crippen LogP contribution in [0.1, 0.15) is 63.4 Å². The number of amides is 1. The summed E-state index contributed by atoms with van der Waals surface area (Å²) in [6.45, 7) is 2.27. The van der Waals surface area contributed by atoms with Crippen molar-refractivity contribution in [3.63, 3.8) is 0 Å². The number of guanidine groups is 1. The molecule has 1 aromatic heterocycles. The molecule has 2 heterocycles. The lowest BCUT2D eigenvalue weighted by Gasteiger charge is -2.21. The normalized spacial score (nSPS) is 22.4. The molecule has 1 atom stereocenters. The smallest absolute Gasteiger partial charge is 0.225 e. The minimum atomic E-state index is 0. The number of hydrogen-bond donors (Lipinski definition) is 2. The fraction of sp³-hybridized carbons (Fsp3) is 0.696. The van der Waals surface area contributed by atoms with Gasteiger partial charge in [0.25, 0.3) is 0 Å². The number of nitrogens with zero attached hydrogens (tertiary/aromatic N) is 3. The first-order valence-corrected chi connectivity index (χ1v) is 11.6. The summed E-state index contributed by atoms with van der Waals surface area (Å²) in [6, 6.07) is 4.26. The van der Waals surface area contributed by atoms with Crippen LogP contribution in [0, 0.1) is 5.92 Å². The zero-order valence-electron chi connectivity index (χ0n) is 18.5. The first kappa shape index (κ1) is 24.1. The van der Waals surface area contributed by atoms with Gasteiger partial charge in [-0.15, -0.1) is 24.0 Å². The quantitative estimate of drug-likeness (QED) is 0.328. The number of carbonyl (C=O) groups is 1. The van der Waals surface area contributed by atoms with Crippen molar-refractivity contribution < 1.29 is 9.53 Å². The van der Waals surface area contributed by atoms with Crippen molar-refractivity contribution in [1.82, 2.24) is 20.5 Å². The van der Waals surface area contributed by atoms with Crippen LogP contribution < -0.4 is 15.4 Å². The van der Waals surface area contributed by atoms with E-state index in [-0.39, 0.29) is 35.9 Å². The highest BCUT2D eigenvalue weighted by Crippen LogP contribution is 2.28. The zero-order chi connectivity index (χ0) is 20.8. The van der Waals surface area contributed by atoms with E-state index in [1.165, 1.54) is 25.7 Å². The predicted octanol–water partition coefficient (Wildman–Crippen LogP) is 3.48. The summed E-state index contributed by atoms with van der Waals surface area (Å²) in [5, 5.41) is 6.87. The molecule has 1 saturated heterocycles. The summed E-state index contributed by atoms with van der Waals surface area (Å²) >= 11 is 0. The Morgan fingerprint density at radius 3 is 2.68 bits per heavy atom. The average Bonchev–Trinajstić information content (AvgIpc) is 3.54. The number of carbonyl (C=O) groups excluding carboxylic acids is 1. The van der Waals surface area contributed by atoms with Gasteiger partial charge in [-0.05, 0) is 56.6 Å².